The van der Waals surface area contributed by atoms with Crippen LogP contribution in [0.25, 0.3) is 0 Å². The number of amides is 3. The van der Waals surface area contributed by atoms with Gasteiger partial charge in [-0.05, 0) is 126 Å². The number of benzene rings is 1. The SMILES string of the molecule is CC(C)C[C@H](NC(=O)[C@@H]1CCCN1C(=O)OCc1ccccc1)C(=O)C[C@@H](CCC(=O)OC(C)(C)C)C(=O)N[C@H](C(=O)CC12CC3CC(CC(C3)C1)C2)C(C)C. The number of Topliss-reactive ketones (excluding diaryl/α,β-unsaturated/α-hetero) is 2. The Morgan fingerprint density at radius 1 is 0.875 bits per heavy atom. The second kappa shape index (κ2) is 18.7. The fraction of sp³-hybridized carbons (Fsp3) is 0.733. The van der Waals surface area contributed by atoms with E-state index >= 15 is 0 Å². The number of likely N-dealkylation sites (tertiary alicyclic amines) is 1. The lowest BCUT2D eigenvalue weighted by molar-refractivity contribution is -0.155. The van der Waals surface area contributed by atoms with E-state index in [9.17, 15) is 28.8 Å². The van der Waals surface area contributed by atoms with Crippen molar-refractivity contribution in [2.24, 2.45) is 40.9 Å². The van der Waals surface area contributed by atoms with E-state index in [2.05, 4.69) is 10.6 Å². The Bertz CT molecular complexity index is 1530. The summed E-state index contributed by atoms with van der Waals surface area (Å²) in [4.78, 5) is 83.6. The first-order valence-corrected chi connectivity index (χ1v) is 21.3. The third kappa shape index (κ3) is 11.9. The number of ketones is 2. The van der Waals surface area contributed by atoms with E-state index in [1.165, 1.54) is 24.2 Å². The molecule has 0 spiro atoms. The molecule has 0 aromatic heterocycles. The first kappa shape index (κ1) is 43.4. The number of hydrogen-bond acceptors (Lipinski definition) is 8. The second-order valence-electron chi connectivity index (χ2n) is 19.4. The maximum atomic E-state index is 14.2. The molecule has 11 heteroatoms. The molecule has 0 radical (unpaired) electrons. The van der Waals surface area contributed by atoms with Crippen LogP contribution in [0.1, 0.15) is 138 Å². The van der Waals surface area contributed by atoms with Crippen LogP contribution in [-0.2, 0) is 40.1 Å². The molecule has 0 unspecified atom stereocenters. The zero-order chi connectivity index (χ0) is 40.8. The molecule has 2 N–H and O–H groups in total. The van der Waals surface area contributed by atoms with Crippen molar-refractivity contribution >= 4 is 35.4 Å². The summed E-state index contributed by atoms with van der Waals surface area (Å²) in [6.45, 7) is 13.5. The van der Waals surface area contributed by atoms with Gasteiger partial charge in [-0.1, -0.05) is 58.0 Å². The highest BCUT2D eigenvalue weighted by molar-refractivity contribution is 5.96. The van der Waals surface area contributed by atoms with Crippen molar-refractivity contribution in [3.63, 3.8) is 0 Å². The molecule has 4 bridgehead atoms. The lowest BCUT2D eigenvalue weighted by atomic mass is 9.48. The fourth-order valence-electron chi connectivity index (χ4n) is 10.3. The van der Waals surface area contributed by atoms with Gasteiger partial charge in [-0.25, -0.2) is 4.79 Å². The summed E-state index contributed by atoms with van der Waals surface area (Å²) in [7, 11) is 0. The van der Waals surface area contributed by atoms with Crippen LogP contribution in [0.2, 0.25) is 0 Å². The average molecular weight is 778 g/mol. The summed E-state index contributed by atoms with van der Waals surface area (Å²) in [5.74, 6) is -0.614. The second-order valence-corrected chi connectivity index (χ2v) is 19.4. The van der Waals surface area contributed by atoms with E-state index in [1.54, 1.807) is 20.8 Å². The highest BCUT2D eigenvalue weighted by Crippen LogP contribution is 2.61. The van der Waals surface area contributed by atoms with Crippen LogP contribution in [0.5, 0.6) is 0 Å². The first-order chi connectivity index (χ1) is 26.4. The molecule has 1 aromatic rings. The lowest BCUT2D eigenvalue weighted by Crippen LogP contribution is -2.52. The molecule has 1 aromatic carbocycles. The van der Waals surface area contributed by atoms with Crippen LogP contribution in [0.15, 0.2) is 30.3 Å². The molecule has 4 atom stereocenters. The zero-order valence-corrected chi connectivity index (χ0v) is 34.9. The van der Waals surface area contributed by atoms with Gasteiger partial charge in [0.05, 0.1) is 12.1 Å². The average Bonchev–Trinajstić information content (AvgIpc) is 3.60. The minimum Gasteiger partial charge on any atom is -0.460 e. The molecule has 1 saturated heterocycles. The summed E-state index contributed by atoms with van der Waals surface area (Å²) in [6, 6.07) is 6.89. The summed E-state index contributed by atoms with van der Waals surface area (Å²) >= 11 is 0. The Kier molecular flexibility index (Phi) is 14.5. The van der Waals surface area contributed by atoms with Crippen LogP contribution in [0.3, 0.4) is 0 Å². The summed E-state index contributed by atoms with van der Waals surface area (Å²) < 4.78 is 11.1. The van der Waals surface area contributed by atoms with Gasteiger partial charge < -0.3 is 20.1 Å². The number of ether oxygens (including phenoxy) is 2. The molecular weight excluding hydrogens is 711 g/mol. The number of nitrogens with zero attached hydrogens (tertiary/aromatic N) is 1. The van der Waals surface area contributed by atoms with Gasteiger partial charge in [0.2, 0.25) is 11.8 Å². The van der Waals surface area contributed by atoms with Gasteiger partial charge in [0.1, 0.15) is 18.2 Å². The van der Waals surface area contributed by atoms with Crippen LogP contribution >= 0.6 is 0 Å². The lowest BCUT2D eigenvalue weighted by Gasteiger charge is -2.57. The molecular formula is C45H67N3O8. The van der Waals surface area contributed by atoms with Crippen molar-refractivity contribution in [3.8, 4) is 0 Å². The van der Waals surface area contributed by atoms with Gasteiger partial charge in [-0.2, -0.15) is 0 Å². The molecule has 5 fully saturated rings. The van der Waals surface area contributed by atoms with E-state index in [4.69, 9.17) is 9.47 Å². The van der Waals surface area contributed by atoms with E-state index < -0.39 is 53.5 Å². The quantitative estimate of drug-likeness (QED) is 0.147. The van der Waals surface area contributed by atoms with Crippen LogP contribution in [-0.4, -0.2) is 70.6 Å². The number of carbonyl (C=O) groups is 6. The monoisotopic (exact) mass is 777 g/mol. The van der Waals surface area contributed by atoms with E-state index in [1.807, 2.05) is 58.0 Å². The zero-order valence-electron chi connectivity index (χ0n) is 34.9. The van der Waals surface area contributed by atoms with E-state index in [0.717, 1.165) is 24.8 Å². The van der Waals surface area contributed by atoms with Gasteiger partial charge >= 0.3 is 12.1 Å². The predicted molar refractivity (Wildman–Crippen MR) is 213 cm³/mol. The number of carbonyl (C=O) groups excluding carboxylic acids is 6. The maximum absolute atomic E-state index is 14.2. The van der Waals surface area contributed by atoms with Gasteiger partial charge in [-0.15, -0.1) is 0 Å². The van der Waals surface area contributed by atoms with Gasteiger partial charge in [0.25, 0.3) is 0 Å². The van der Waals surface area contributed by atoms with Crippen LogP contribution in [0, 0.1) is 40.9 Å². The third-order valence-electron chi connectivity index (χ3n) is 12.4. The fourth-order valence-corrected chi connectivity index (χ4v) is 10.3. The van der Waals surface area contributed by atoms with Gasteiger partial charge in [-0.3, -0.25) is 28.9 Å². The predicted octanol–water partition coefficient (Wildman–Crippen LogP) is 7.33. The largest absolute Gasteiger partial charge is 0.460 e. The molecule has 5 aliphatic rings. The Balaban J connectivity index is 1.26. The Hall–Kier alpha value is -3.76. The standard InChI is InChI=1S/C45H67N3O8/c1-28(2)18-35(46-42(53)36-14-11-17-48(36)43(54)55-27-30-12-9-8-10-13-30)37(49)22-34(15-16-39(51)56-44(5,6)7)41(52)47-40(29(3)4)38(50)26-45-23-31-19-32(24-45)21-33(20-31)25-45/h8-10,12-13,28-29,31-36,40H,11,14-27H2,1-7H3,(H,46,53)(H,47,52)/t31?,32?,33?,34-,35+,36+,40+,45?/m1/s1. The summed E-state index contributed by atoms with van der Waals surface area (Å²) in [6.07, 6.45) is 8.10. The Labute approximate surface area is 334 Å². The Morgan fingerprint density at radius 2 is 1.50 bits per heavy atom. The number of rotatable bonds is 18. The first-order valence-electron chi connectivity index (χ1n) is 21.3. The highest BCUT2D eigenvalue weighted by Gasteiger charge is 2.52. The normalized spacial score (nSPS) is 25.8. The maximum Gasteiger partial charge on any atom is 0.410 e. The molecule has 4 aliphatic carbocycles. The van der Waals surface area contributed by atoms with Crippen molar-refractivity contribution in [1.29, 1.82) is 0 Å². The Morgan fingerprint density at radius 3 is 2.07 bits per heavy atom. The molecule has 3 amide bonds. The summed E-state index contributed by atoms with van der Waals surface area (Å²) in [5.41, 5.74) is 0.137. The van der Waals surface area contributed by atoms with Crippen molar-refractivity contribution < 1.29 is 38.2 Å². The summed E-state index contributed by atoms with van der Waals surface area (Å²) in [5, 5.41) is 5.97. The third-order valence-corrected chi connectivity index (χ3v) is 12.4. The minimum atomic E-state index is -0.925. The van der Waals surface area contributed by atoms with Crippen molar-refractivity contribution in [2.75, 3.05) is 6.54 Å². The number of nitrogens with one attached hydrogen (secondary N) is 2. The molecule has 11 nitrogen and oxygen atoms in total. The highest BCUT2D eigenvalue weighted by atomic mass is 16.6. The number of hydrogen-bond donors (Lipinski definition) is 2. The smallest absolute Gasteiger partial charge is 0.410 e. The van der Waals surface area contributed by atoms with Gasteiger partial charge in [0.15, 0.2) is 11.6 Å². The molecule has 310 valence electrons. The van der Waals surface area contributed by atoms with Crippen LogP contribution in [0.4, 0.5) is 4.79 Å². The van der Waals surface area contributed by atoms with Crippen molar-refractivity contribution in [2.45, 2.75) is 162 Å². The van der Waals surface area contributed by atoms with Gasteiger partial charge in [0, 0.05) is 31.7 Å². The van der Waals surface area contributed by atoms with Crippen molar-refractivity contribution in [1.82, 2.24) is 15.5 Å². The molecule has 56 heavy (non-hydrogen) atoms. The number of esters is 1. The molecule has 4 saturated carbocycles. The topological polar surface area (TPSA) is 148 Å². The van der Waals surface area contributed by atoms with Crippen molar-refractivity contribution in [3.05, 3.63) is 35.9 Å². The molecule has 1 heterocycles. The van der Waals surface area contributed by atoms with E-state index in [0.29, 0.717) is 50.0 Å². The van der Waals surface area contributed by atoms with Crippen LogP contribution < -0.4 is 10.6 Å². The van der Waals surface area contributed by atoms with E-state index in [-0.39, 0.29) is 54.7 Å². The molecule has 1 aliphatic heterocycles. The molecule has 6 rings (SSSR count). The minimum absolute atomic E-state index is 0.0194.